The van der Waals surface area contributed by atoms with E-state index < -0.39 is 12.1 Å². The van der Waals surface area contributed by atoms with Crippen molar-refractivity contribution in [2.45, 2.75) is 31.9 Å². The van der Waals surface area contributed by atoms with Gasteiger partial charge in [-0.3, -0.25) is 14.7 Å². The van der Waals surface area contributed by atoms with Crippen molar-refractivity contribution in [1.29, 1.82) is 0 Å². The number of aliphatic hydroxyl groups excluding tert-OH is 1. The van der Waals surface area contributed by atoms with E-state index in [1.807, 2.05) is 6.92 Å². The fourth-order valence-electron chi connectivity index (χ4n) is 3.64. The Bertz CT molecular complexity index is 1080. The lowest BCUT2D eigenvalue weighted by Gasteiger charge is -2.22. The number of carbonyl (C=O) groups is 2. The molecule has 0 saturated carbocycles. The Morgan fingerprint density at radius 3 is 2.53 bits per heavy atom. The van der Waals surface area contributed by atoms with Crippen LogP contribution in [0.1, 0.15) is 57.3 Å². The number of hydrogen-bond donors (Lipinski definition) is 3. The van der Waals surface area contributed by atoms with Crippen molar-refractivity contribution >= 4 is 11.7 Å². The van der Waals surface area contributed by atoms with Gasteiger partial charge in [-0.05, 0) is 24.3 Å². The number of likely N-dealkylation sites (tertiary alicyclic amines) is 1. The van der Waals surface area contributed by atoms with Gasteiger partial charge in [0.05, 0.1) is 12.1 Å². The standard InChI is InChI=1S/C22H22N4O4/c1-2-19-23-21(25-24-19)18-11-17(28)12-26(18)22(30)14-8-6-13(7-9-14)20(29)15-4-3-5-16(27)10-15/h3-10,17-18,27-28H,2,11-12H2,1H3,(H,23,24,25)/t17-,18+/m1/s1. The minimum Gasteiger partial charge on any atom is -0.508 e. The van der Waals surface area contributed by atoms with Crippen LogP contribution in [0.5, 0.6) is 5.75 Å². The molecule has 1 aromatic heterocycles. The second-order valence-corrected chi connectivity index (χ2v) is 7.31. The van der Waals surface area contributed by atoms with Gasteiger partial charge in [0.2, 0.25) is 0 Å². The summed E-state index contributed by atoms with van der Waals surface area (Å²) >= 11 is 0. The van der Waals surface area contributed by atoms with Crippen LogP contribution < -0.4 is 0 Å². The summed E-state index contributed by atoms with van der Waals surface area (Å²) in [7, 11) is 0. The van der Waals surface area contributed by atoms with E-state index in [9.17, 15) is 19.8 Å². The van der Waals surface area contributed by atoms with Crippen molar-refractivity contribution in [2.24, 2.45) is 0 Å². The highest BCUT2D eigenvalue weighted by atomic mass is 16.3. The molecule has 3 aromatic rings. The molecule has 30 heavy (non-hydrogen) atoms. The number of ketones is 1. The first-order chi connectivity index (χ1) is 14.5. The molecule has 8 heteroatoms. The van der Waals surface area contributed by atoms with Gasteiger partial charge >= 0.3 is 0 Å². The minimum absolute atomic E-state index is 0.0180. The van der Waals surface area contributed by atoms with Crippen molar-refractivity contribution in [3.05, 3.63) is 76.9 Å². The molecule has 2 aromatic carbocycles. The Balaban J connectivity index is 1.54. The van der Waals surface area contributed by atoms with Crippen molar-refractivity contribution in [3.63, 3.8) is 0 Å². The Hall–Kier alpha value is -3.52. The van der Waals surface area contributed by atoms with Gasteiger partial charge < -0.3 is 15.1 Å². The molecule has 0 aliphatic carbocycles. The van der Waals surface area contributed by atoms with Gasteiger partial charge in [0.25, 0.3) is 5.91 Å². The van der Waals surface area contributed by atoms with Crippen LogP contribution in [-0.4, -0.2) is 54.6 Å². The molecule has 1 aliphatic rings. The third kappa shape index (κ3) is 3.81. The number of aliphatic hydroxyl groups is 1. The molecular formula is C22H22N4O4. The number of aromatic hydroxyl groups is 1. The lowest BCUT2D eigenvalue weighted by molar-refractivity contribution is 0.0710. The van der Waals surface area contributed by atoms with Crippen LogP contribution in [0.15, 0.2) is 48.5 Å². The average molecular weight is 406 g/mol. The zero-order valence-electron chi connectivity index (χ0n) is 16.4. The minimum atomic E-state index is -0.644. The molecule has 1 aliphatic heterocycles. The van der Waals surface area contributed by atoms with E-state index in [4.69, 9.17) is 0 Å². The summed E-state index contributed by atoms with van der Waals surface area (Å²) in [6, 6.07) is 12.1. The number of H-pyrrole nitrogens is 1. The zero-order valence-corrected chi connectivity index (χ0v) is 16.4. The van der Waals surface area contributed by atoms with E-state index in [-0.39, 0.29) is 24.0 Å². The third-order valence-electron chi connectivity index (χ3n) is 5.22. The van der Waals surface area contributed by atoms with Crippen LogP contribution in [-0.2, 0) is 6.42 Å². The van der Waals surface area contributed by atoms with Gasteiger partial charge in [0.1, 0.15) is 11.6 Å². The number of benzene rings is 2. The average Bonchev–Trinajstić information content (AvgIpc) is 3.39. The monoisotopic (exact) mass is 406 g/mol. The predicted molar refractivity (Wildman–Crippen MR) is 108 cm³/mol. The van der Waals surface area contributed by atoms with Crippen LogP contribution >= 0.6 is 0 Å². The van der Waals surface area contributed by atoms with Crippen LogP contribution in [0.3, 0.4) is 0 Å². The lowest BCUT2D eigenvalue weighted by Crippen LogP contribution is -2.32. The third-order valence-corrected chi connectivity index (χ3v) is 5.22. The van der Waals surface area contributed by atoms with E-state index >= 15 is 0 Å². The van der Waals surface area contributed by atoms with Crippen LogP contribution in [0.2, 0.25) is 0 Å². The zero-order chi connectivity index (χ0) is 21.3. The number of β-amino-alcohol motifs (C(OH)–C–C–N with tert-alkyl or cyclic N) is 1. The lowest BCUT2D eigenvalue weighted by atomic mass is 10.0. The number of aryl methyl sites for hydroxylation is 1. The highest BCUT2D eigenvalue weighted by molar-refractivity contribution is 6.09. The van der Waals surface area contributed by atoms with Crippen molar-refractivity contribution < 1.29 is 19.8 Å². The number of aromatic amines is 1. The van der Waals surface area contributed by atoms with Crippen LogP contribution in [0.4, 0.5) is 0 Å². The summed E-state index contributed by atoms with van der Waals surface area (Å²) in [6.45, 7) is 2.15. The molecule has 1 fully saturated rings. The summed E-state index contributed by atoms with van der Waals surface area (Å²) in [5, 5.41) is 26.8. The first kappa shape index (κ1) is 19.8. The second-order valence-electron chi connectivity index (χ2n) is 7.31. The van der Waals surface area contributed by atoms with E-state index in [0.717, 1.165) is 5.82 Å². The van der Waals surface area contributed by atoms with Crippen LogP contribution in [0.25, 0.3) is 0 Å². The molecule has 1 saturated heterocycles. The summed E-state index contributed by atoms with van der Waals surface area (Å²) in [4.78, 5) is 31.6. The Kier molecular flexibility index (Phi) is 5.33. The Labute approximate surface area is 173 Å². The van der Waals surface area contributed by atoms with Gasteiger partial charge in [-0.15, -0.1) is 0 Å². The molecule has 1 amide bonds. The number of aromatic nitrogens is 3. The van der Waals surface area contributed by atoms with Gasteiger partial charge in [0, 0.05) is 36.1 Å². The maximum absolute atomic E-state index is 13.1. The van der Waals surface area contributed by atoms with E-state index in [1.165, 1.54) is 12.1 Å². The molecule has 0 unspecified atom stereocenters. The fraction of sp³-hybridized carbons (Fsp3) is 0.273. The molecule has 0 radical (unpaired) electrons. The summed E-state index contributed by atoms with van der Waals surface area (Å²) in [6.07, 6.45) is 0.431. The first-order valence-corrected chi connectivity index (χ1v) is 9.80. The summed E-state index contributed by atoms with van der Waals surface area (Å²) in [5.74, 6) is 0.744. The number of hydrogen-bond acceptors (Lipinski definition) is 6. The largest absolute Gasteiger partial charge is 0.508 e. The SMILES string of the molecule is CCc1nc([C@@H]2C[C@@H](O)CN2C(=O)c2ccc(C(=O)c3cccc(O)c3)cc2)n[nH]1. The fourth-order valence-corrected chi connectivity index (χ4v) is 3.64. The number of phenolic OH excluding ortho intramolecular Hbond substituents is 1. The number of carbonyl (C=O) groups excluding carboxylic acids is 2. The Morgan fingerprint density at radius 1 is 1.13 bits per heavy atom. The summed E-state index contributed by atoms with van der Waals surface area (Å²) in [5.41, 5.74) is 1.19. The predicted octanol–water partition coefficient (Wildman–Crippen LogP) is 2.25. The van der Waals surface area contributed by atoms with Crippen molar-refractivity contribution in [1.82, 2.24) is 20.1 Å². The quantitative estimate of drug-likeness (QED) is 0.559. The van der Waals surface area contributed by atoms with Gasteiger partial charge in [-0.1, -0.05) is 31.2 Å². The van der Waals surface area contributed by atoms with E-state index in [2.05, 4.69) is 15.2 Å². The molecule has 3 N–H and O–H groups in total. The number of nitrogens with zero attached hydrogens (tertiary/aromatic N) is 3. The smallest absolute Gasteiger partial charge is 0.254 e. The molecule has 2 atom stereocenters. The highest BCUT2D eigenvalue weighted by Crippen LogP contribution is 2.31. The summed E-state index contributed by atoms with van der Waals surface area (Å²) < 4.78 is 0. The molecule has 0 bridgehead atoms. The van der Waals surface area contributed by atoms with E-state index in [0.29, 0.717) is 35.4 Å². The molecule has 8 nitrogen and oxygen atoms in total. The van der Waals surface area contributed by atoms with E-state index in [1.54, 1.807) is 41.3 Å². The normalized spacial score (nSPS) is 18.5. The van der Waals surface area contributed by atoms with Gasteiger partial charge in [-0.25, -0.2) is 4.98 Å². The van der Waals surface area contributed by atoms with Gasteiger partial charge in [-0.2, -0.15) is 5.10 Å². The number of phenols is 1. The molecule has 2 heterocycles. The molecular weight excluding hydrogens is 384 g/mol. The first-order valence-electron chi connectivity index (χ1n) is 9.80. The Morgan fingerprint density at radius 2 is 1.87 bits per heavy atom. The second kappa shape index (κ2) is 8.08. The molecule has 0 spiro atoms. The molecule has 154 valence electrons. The van der Waals surface area contributed by atoms with Crippen molar-refractivity contribution in [2.75, 3.05) is 6.54 Å². The van der Waals surface area contributed by atoms with Gasteiger partial charge in [0.15, 0.2) is 11.6 Å². The van der Waals surface area contributed by atoms with Crippen LogP contribution in [0, 0.1) is 0 Å². The molecule has 4 rings (SSSR count). The number of rotatable bonds is 5. The van der Waals surface area contributed by atoms with Crippen molar-refractivity contribution in [3.8, 4) is 5.75 Å². The number of nitrogens with one attached hydrogen (secondary N) is 1. The maximum atomic E-state index is 13.1. The maximum Gasteiger partial charge on any atom is 0.254 e. The number of amides is 1. The topological polar surface area (TPSA) is 119 Å². The highest BCUT2D eigenvalue weighted by Gasteiger charge is 2.38.